The second kappa shape index (κ2) is 8.45. The summed E-state index contributed by atoms with van der Waals surface area (Å²) in [5.74, 6) is 0.933. The number of likely N-dealkylation sites (tertiary alicyclic amines) is 1. The van der Waals surface area contributed by atoms with Crippen molar-refractivity contribution in [2.75, 3.05) is 27.2 Å². The molecule has 1 aromatic heterocycles. The molecule has 1 saturated heterocycles. The molecule has 2 N–H and O–H groups in total. The molecule has 0 spiro atoms. The molecule has 6 nitrogen and oxygen atoms in total. The Bertz CT molecular complexity index is 555. The lowest BCUT2D eigenvalue weighted by molar-refractivity contribution is -0.121. The highest BCUT2D eigenvalue weighted by Gasteiger charge is 2.23. The van der Waals surface area contributed by atoms with Crippen molar-refractivity contribution in [1.82, 2.24) is 20.5 Å². The number of hydrogen-bond donors (Lipinski definition) is 2. The fourth-order valence-corrected chi connectivity index (χ4v) is 2.76. The van der Waals surface area contributed by atoms with Gasteiger partial charge in [-0.3, -0.25) is 14.8 Å². The van der Waals surface area contributed by atoms with Crippen LogP contribution in [0.2, 0.25) is 0 Å². The van der Waals surface area contributed by atoms with Crippen LogP contribution in [0.1, 0.15) is 25.0 Å². The number of aliphatic imine (C=N–C) groups is 1. The molecule has 1 fully saturated rings. The van der Waals surface area contributed by atoms with Crippen molar-refractivity contribution in [2.24, 2.45) is 10.9 Å². The molecule has 0 bridgehead atoms. The molecule has 1 aliphatic rings. The van der Waals surface area contributed by atoms with E-state index in [4.69, 9.17) is 0 Å². The number of piperidine rings is 1. The quantitative estimate of drug-likeness (QED) is 0.645. The van der Waals surface area contributed by atoms with Crippen LogP contribution in [0.4, 0.5) is 4.39 Å². The third kappa shape index (κ3) is 4.91. The van der Waals surface area contributed by atoms with Crippen molar-refractivity contribution in [1.29, 1.82) is 0 Å². The summed E-state index contributed by atoms with van der Waals surface area (Å²) in [6, 6.07) is 2.97. The Morgan fingerprint density at radius 1 is 1.48 bits per heavy atom. The molecule has 2 heterocycles. The Balaban J connectivity index is 1.83. The van der Waals surface area contributed by atoms with Crippen LogP contribution in [0, 0.1) is 11.7 Å². The molecule has 1 aromatic rings. The van der Waals surface area contributed by atoms with Gasteiger partial charge < -0.3 is 15.5 Å². The van der Waals surface area contributed by atoms with Crippen molar-refractivity contribution in [3.05, 3.63) is 29.8 Å². The number of nitrogens with zero attached hydrogens (tertiary/aromatic N) is 3. The van der Waals surface area contributed by atoms with Gasteiger partial charge in [-0.2, -0.15) is 0 Å². The van der Waals surface area contributed by atoms with E-state index in [0.29, 0.717) is 24.6 Å². The maximum Gasteiger partial charge on any atom is 0.220 e. The standard InChI is InChI=1S/C16H24FN5O/c1-18-15(23)10-12-5-8-22(9-6-12)16(19-2)21-11-14-13(17)4-3-7-20-14/h3-4,7,12H,5-6,8-11H2,1-2H3,(H,18,23)(H,19,21). The lowest BCUT2D eigenvalue weighted by Crippen LogP contribution is -2.45. The van der Waals surface area contributed by atoms with Gasteiger partial charge in [0, 0.05) is 39.8 Å². The monoisotopic (exact) mass is 321 g/mol. The first kappa shape index (κ1) is 17.2. The Labute approximate surface area is 136 Å². The molecule has 0 aromatic carbocycles. The topological polar surface area (TPSA) is 69.6 Å². The molecule has 0 aliphatic carbocycles. The predicted octanol–water partition coefficient (Wildman–Crippen LogP) is 1.14. The molecule has 1 amide bonds. The van der Waals surface area contributed by atoms with E-state index in [0.717, 1.165) is 31.9 Å². The van der Waals surface area contributed by atoms with Crippen LogP contribution in [0.5, 0.6) is 0 Å². The second-order valence-electron chi connectivity index (χ2n) is 5.64. The lowest BCUT2D eigenvalue weighted by atomic mass is 9.93. The zero-order valence-electron chi connectivity index (χ0n) is 13.7. The number of carbonyl (C=O) groups is 1. The first-order valence-corrected chi connectivity index (χ1v) is 7.89. The summed E-state index contributed by atoms with van der Waals surface area (Å²) >= 11 is 0. The number of rotatable bonds is 4. The number of hydrogen-bond acceptors (Lipinski definition) is 3. The zero-order valence-corrected chi connectivity index (χ0v) is 13.7. The van der Waals surface area contributed by atoms with Crippen LogP contribution in [-0.2, 0) is 11.3 Å². The number of carbonyl (C=O) groups excluding carboxylic acids is 1. The van der Waals surface area contributed by atoms with Crippen molar-refractivity contribution in [3.8, 4) is 0 Å². The predicted molar refractivity (Wildman–Crippen MR) is 87.4 cm³/mol. The van der Waals surface area contributed by atoms with Crippen LogP contribution in [0.15, 0.2) is 23.3 Å². The molecule has 0 atom stereocenters. The van der Waals surface area contributed by atoms with Gasteiger partial charge in [0.2, 0.25) is 5.91 Å². The van der Waals surface area contributed by atoms with Crippen molar-refractivity contribution in [2.45, 2.75) is 25.8 Å². The normalized spacial score (nSPS) is 16.3. The van der Waals surface area contributed by atoms with Gasteiger partial charge in [-0.05, 0) is 30.9 Å². The minimum absolute atomic E-state index is 0.0941. The van der Waals surface area contributed by atoms with E-state index in [-0.39, 0.29) is 11.7 Å². The summed E-state index contributed by atoms with van der Waals surface area (Å²) in [7, 11) is 3.38. The van der Waals surface area contributed by atoms with Crippen LogP contribution in [0.3, 0.4) is 0 Å². The largest absolute Gasteiger partial charge is 0.359 e. The molecule has 7 heteroatoms. The maximum atomic E-state index is 13.6. The zero-order chi connectivity index (χ0) is 16.7. The molecular weight excluding hydrogens is 297 g/mol. The fraction of sp³-hybridized carbons (Fsp3) is 0.562. The van der Waals surface area contributed by atoms with Gasteiger partial charge in [0.05, 0.1) is 12.2 Å². The Morgan fingerprint density at radius 2 is 2.22 bits per heavy atom. The highest BCUT2D eigenvalue weighted by Crippen LogP contribution is 2.20. The fourth-order valence-electron chi connectivity index (χ4n) is 2.76. The molecule has 2 rings (SSSR count). The van der Waals surface area contributed by atoms with Gasteiger partial charge in [0.25, 0.3) is 0 Å². The molecule has 126 valence electrons. The Morgan fingerprint density at radius 3 is 2.83 bits per heavy atom. The van der Waals surface area contributed by atoms with Crippen LogP contribution >= 0.6 is 0 Å². The van der Waals surface area contributed by atoms with Gasteiger partial charge >= 0.3 is 0 Å². The highest BCUT2D eigenvalue weighted by molar-refractivity contribution is 5.80. The first-order chi connectivity index (χ1) is 11.1. The van der Waals surface area contributed by atoms with E-state index in [1.54, 1.807) is 26.4 Å². The van der Waals surface area contributed by atoms with E-state index >= 15 is 0 Å². The Kier molecular flexibility index (Phi) is 6.31. The van der Waals surface area contributed by atoms with Crippen LogP contribution in [-0.4, -0.2) is 48.9 Å². The highest BCUT2D eigenvalue weighted by atomic mass is 19.1. The molecular formula is C16H24FN5O. The minimum Gasteiger partial charge on any atom is -0.359 e. The van der Waals surface area contributed by atoms with E-state index in [1.165, 1.54) is 6.07 Å². The number of pyridine rings is 1. The van der Waals surface area contributed by atoms with Gasteiger partial charge in [0.15, 0.2) is 5.96 Å². The van der Waals surface area contributed by atoms with Crippen LogP contribution < -0.4 is 10.6 Å². The summed E-state index contributed by atoms with van der Waals surface area (Å²) in [5.41, 5.74) is 0.378. The number of amides is 1. The van der Waals surface area contributed by atoms with E-state index < -0.39 is 0 Å². The van der Waals surface area contributed by atoms with E-state index in [9.17, 15) is 9.18 Å². The van der Waals surface area contributed by atoms with Crippen LogP contribution in [0.25, 0.3) is 0 Å². The van der Waals surface area contributed by atoms with E-state index in [2.05, 4.69) is 25.5 Å². The number of aromatic nitrogens is 1. The molecule has 0 radical (unpaired) electrons. The lowest BCUT2D eigenvalue weighted by Gasteiger charge is -2.34. The summed E-state index contributed by atoms with van der Waals surface area (Å²) in [6.07, 6.45) is 4.06. The van der Waals surface area contributed by atoms with Gasteiger partial charge in [0.1, 0.15) is 5.82 Å². The Hall–Kier alpha value is -2.18. The summed E-state index contributed by atoms with van der Waals surface area (Å²) in [4.78, 5) is 21.9. The maximum absolute atomic E-state index is 13.6. The number of nitrogens with one attached hydrogen (secondary N) is 2. The number of guanidine groups is 1. The molecule has 0 saturated carbocycles. The van der Waals surface area contributed by atoms with Crippen molar-refractivity contribution < 1.29 is 9.18 Å². The van der Waals surface area contributed by atoms with Crippen molar-refractivity contribution >= 4 is 11.9 Å². The number of halogens is 1. The van der Waals surface area contributed by atoms with E-state index in [1.807, 2.05) is 0 Å². The summed E-state index contributed by atoms with van der Waals surface area (Å²) in [5, 5.41) is 5.83. The average molecular weight is 321 g/mol. The molecule has 1 aliphatic heterocycles. The average Bonchev–Trinajstić information content (AvgIpc) is 2.58. The van der Waals surface area contributed by atoms with Gasteiger partial charge in [-0.25, -0.2) is 4.39 Å². The summed E-state index contributed by atoms with van der Waals surface area (Å²) in [6.45, 7) is 1.98. The third-order valence-electron chi connectivity index (χ3n) is 4.13. The SMILES string of the molecule is CN=C(NCc1ncccc1F)N1CCC(CC(=O)NC)CC1. The van der Waals surface area contributed by atoms with Gasteiger partial charge in [-0.15, -0.1) is 0 Å². The minimum atomic E-state index is -0.320. The molecule has 23 heavy (non-hydrogen) atoms. The first-order valence-electron chi connectivity index (χ1n) is 7.89. The second-order valence-corrected chi connectivity index (χ2v) is 5.64. The van der Waals surface area contributed by atoms with Crippen molar-refractivity contribution in [3.63, 3.8) is 0 Å². The summed E-state index contributed by atoms with van der Waals surface area (Å²) < 4.78 is 13.6. The smallest absolute Gasteiger partial charge is 0.220 e. The van der Waals surface area contributed by atoms with Gasteiger partial charge in [-0.1, -0.05) is 0 Å². The molecule has 0 unspecified atom stereocenters. The third-order valence-corrected chi connectivity index (χ3v) is 4.13.